The van der Waals surface area contributed by atoms with Gasteiger partial charge in [0.2, 0.25) is 17.6 Å². The summed E-state index contributed by atoms with van der Waals surface area (Å²) >= 11 is 5.72. The summed E-state index contributed by atoms with van der Waals surface area (Å²) in [6.07, 6.45) is 1.48. The van der Waals surface area contributed by atoms with Crippen molar-refractivity contribution in [3.05, 3.63) is 45.6 Å². The summed E-state index contributed by atoms with van der Waals surface area (Å²) in [6.45, 7) is 0. The first kappa shape index (κ1) is 13.0. The van der Waals surface area contributed by atoms with Gasteiger partial charge >= 0.3 is 5.69 Å². The fourth-order valence-corrected chi connectivity index (χ4v) is 1.52. The van der Waals surface area contributed by atoms with E-state index in [-0.39, 0.29) is 22.3 Å². The fourth-order valence-electron chi connectivity index (χ4n) is 1.35. The SMILES string of the molecule is CNc1nccc(Oc2ccc(Cl)cc2[N+](=O)[O-])n1. The van der Waals surface area contributed by atoms with Crippen LogP contribution in [0.4, 0.5) is 11.6 Å². The number of nitrogens with zero attached hydrogens (tertiary/aromatic N) is 3. The number of nitrogens with one attached hydrogen (secondary N) is 1. The van der Waals surface area contributed by atoms with Crippen LogP contribution in [0.1, 0.15) is 0 Å². The zero-order valence-electron chi connectivity index (χ0n) is 9.83. The van der Waals surface area contributed by atoms with Crippen molar-refractivity contribution in [3.63, 3.8) is 0 Å². The molecule has 0 aliphatic carbocycles. The largest absolute Gasteiger partial charge is 0.432 e. The zero-order valence-corrected chi connectivity index (χ0v) is 10.6. The summed E-state index contributed by atoms with van der Waals surface area (Å²) in [7, 11) is 1.66. The number of anilines is 1. The summed E-state index contributed by atoms with van der Waals surface area (Å²) in [6, 6.07) is 5.64. The van der Waals surface area contributed by atoms with Crippen LogP contribution in [0.15, 0.2) is 30.5 Å². The number of rotatable bonds is 4. The first-order valence-corrected chi connectivity index (χ1v) is 5.60. The molecule has 0 aliphatic heterocycles. The number of hydrogen-bond acceptors (Lipinski definition) is 6. The van der Waals surface area contributed by atoms with Gasteiger partial charge in [-0.1, -0.05) is 11.6 Å². The Bertz CT molecular complexity index is 621. The van der Waals surface area contributed by atoms with Gasteiger partial charge in [0.05, 0.1) is 4.92 Å². The Morgan fingerprint density at radius 1 is 1.42 bits per heavy atom. The molecule has 0 saturated carbocycles. The Balaban J connectivity index is 2.34. The maximum absolute atomic E-state index is 10.9. The van der Waals surface area contributed by atoms with Crippen LogP contribution < -0.4 is 10.1 Å². The lowest BCUT2D eigenvalue weighted by molar-refractivity contribution is -0.385. The average molecular weight is 281 g/mol. The van der Waals surface area contributed by atoms with Crippen LogP contribution in [0.5, 0.6) is 11.6 Å². The molecule has 1 heterocycles. The fraction of sp³-hybridized carbons (Fsp3) is 0.0909. The van der Waals surface area contributed by atoms with Gasteiger partial charge < -0.3 is 10.1 Å². The Hall–Kier alpha value is -2.41. The van der Waals surface area contributed by atoms with Gasteiger partial charge in [-0.25, -0.2) is 4.98 Å². The van der Waals surface area contributed by atoms with Gasteiger partial charge in [-0.3, -0.25) is 10.1 Å². The molecule has 2 aromatic rings. The molecule has 7 nitrogen and oxygen atoms in total. The molecule has 0 spiro atoms. The number of benzene rings is 1. The van der Waals surface area contributed by atoms with Gasteiger partial charge in [0.15, 0.2) is 0 Å². The standard InChI is InChI=1S/C11H9ClN4O3/c1-13-11-14-5-4-10(15-11)19-9-3-2-7(12)6-8(9)16(17)18/h2-6H,1H3,(H,13,14,15). The zero-order chi connectivity index (χ0) is 13.8. The van der Waals surface area contributed by atoms with Gasteiger partial charge in [0, 0.05) is 30.4 Å². The first-order chi connectivity index (χ1) is 9.10. The lowest BCUT2D eigenvalue weighted by atomic mass is 10.3. The first-order valence-electron chi connectivity index (χ1n) is 5.23. The monoisotopic (exact) mass is 280 g/mol. The van der Waals surface area contributed by atoms with Crippen LogP contribution in [0.2, 0.25) is 5.02 Å². The van der Waals surface area contributed by atoms with Crippen molar-refractivity contribution in [1.29, 1.82) is 0 Å². The molecular formula is C11H9ClN4O3. The second-order valence-corrected chi connectivity index (χ2v) is 3.88. The molecule has 0 radical (unpaired) electrons. The highest BCUT2D eigenvalue weighted by molar-refractivity contribution is 6.30. The third kappa shape index (κ3) is 3.08. The summed E-state index contributed by atoms with van der Waals surface area (Å²) in [5, 5.41) is 13.9. The van der Waals surface area contributed by atoms with E-state index in [1.165, 1.54) is 30.5 Å². The Kier molecular flexibility index (Phi) is 3.76. The molecule has 0 amide bonds. The molecule has 0 bridgehead atoms. The van der Waals surface area contributed by atoms with Crippen molar-refractivity contribution in [2.24, 2.45) is 0 Å². The van der Waals surface area contributed by atoms with Crippen molar-refractivity contribution in [2.75, 3.05) is 12.4 Å². The van der Waals surface area contributed by atoms with Gasteiger partial charge in [0.1, 0.15) is 0 Å². The van der Waals surface area contributed by atoms with E-state index in [0.29, 0.717) is 5.95 Å². The average Bonchev–Trinajstić information content (AvgIpc) is 2.41. The van der Waals surface area contributed by atoms with E-state index in [1.807, 2.05) is 0 Å². The summed E-state index contributed by atoms with van der Waals surface area (Å²) in [4.78, 5) is 18.3. The molecular weight excluding hydrogens is 272 g/mol. The maximum atomic E-state index is 10.9. The number of ether oxygens (including phenoxy) is 1. The molecule has 19 heavy (non-hydrogen) atoms. The highest BCUT2D eigenvalue weighted by Crippen LogP contribution is 2.32. The predicted octanol–water partition coefficient (Wildman–Crippen LogP) is 2.87. The predicted molar refractivity (Wildman–Crippen MR) is 69.8 cm³/mol. The quantitative estimate of drug-likeness (QED) is 0.684. The molecule has 0 saturated heterocycles. The number of aromatic nitrogens is 2. The van der Waals surface area contributed by atoms with E-state index in [4.69, 9.17) is 16.3 Å². The smallest absolute Gasteiger partial charge is 0.313 e. The molecule has 8 heteroatoms. The topological polar surface area (TPSA) is 90.2 Å². The summed E-state index contributed by atoms with van der Waals surface area (Å²) in [5.74, 6) is 0.619. The number of halogens is 1. The van der Waals surface area contributed by atoms with E-state index in [2.05, 4.69) is 15.3 Å². The van der Waals surface area contributed by atoms with Gasteiger partial charge in [-0.2, -0.15) is 4.98 Å². The lowest BCUT2D eigenvalue weighted by Gasteiger charge is -2.06. The van der Waals surface area contributed by atoms with Crippen molar-refractivity contribution >= 4 is 23.2 Å². The highest BCUT2D eigenvalue weighted by atomic mass is 35.5. The highest BCUT2D eigenvalue weighted by Gasteiger charge is 2.17. The van der Waals surface area contributed by atoms with Crippen molar-refractivity contribution < 1.29 is 9.66 Å². The van der Waals surface area contributed by atoms with Crippen LogP contribution in [-0.2, 0) is 0 Å². The number of hydrogen-bond donors (Lipinski definition) is 1. The van der Waals surface area contributed by atoms with Crippen LogP contribution in [0, 0.1) is 10.1 Å². The van der Waals surface area contributed by atoms with E-state index < -0.39 is 4.92 Å². The normalized spacial score (nSPS) is 10.0. The maximum Gasteiger partial charge on any atom is 0.313 e. The van der Waals surface area contributed by atoms with Crippen LogP contribution in [0.25, 0.3) is 0 Å². The minimum absolute atomic E-state index is 0.0650. The minimum atomic E-state index is -0.568. The second kappa shape index (κ2) is 5.49. The number of nitro benzene ring substituents is 1. The molecule has 2 rings (SSSR count). The van der Waals surface area contributed by atoms with Crippen molar-refractivity contribution in [3.8, 4) is 11.6 Å². The Morgan fingerprint density at radius 3 is 2.89 bits per heavy atom. The molecule has 0 unspecified atom stereocenters. The molecule has 0 aliphatic rings. The minimum Gasteiger partial charge on any atom is -0.432 e. The van der Waals surface area contributed by atoms with Gasteiger partial charge in [-0.05, 0) is 12.1 Å². The summed E-state index contributed by atoms with van der Waals surface area (Å²) < 4.78 is 5.38. The second-order valence-electron chi connectivity index (χ2n) is 3.44. The third-order valence-corrected chi connectivity index (χ3v) is 2.42. The lowest BCUT2D eigenvalue weighted by Crippen LogP contribution is -1.98. The summed E-state index contributed by atoms with van der Waals surface area (Å²) in [5.41, 5.74) is -0.225. The molecule has 0 atom stereocenters. The van der Waals surface area contributed by atoms with E-state index in [1.54, 1.807) is 7.05 Å². The molecule has 1 N–H and O–H groups in total. The van der Waals surface area contributed by atoms with Crippen molar-refractivity contribution in [1.82, 2.24) is 9.97 Å². The number of nitro groups is 1. The molecule has 0 fully saturated rings. The van der Waals surface area contributed by atoms with Crippen LogP contribution in [0.3, 0.4) is 0 Å². The van der Waals surface area contributed by atoms with E-state index in [9.17, 15) is 10.1 Å². The van der Waals surface area contributed by atoms with E-state index in [0.717, 1.165) is 0 Å². The van der Waals surface area contributed by atoms with Crippen molar-refractivity contribution in [2.45, 2.75) is 0 Å². The van der Waals surface area contributed by atoms with Crippen LogP contribution >= 0.6 is 11.6 Å². The Morgan fingerprint density at radius 2 is 2.21 bits per heavy atom. The molecule has 1 aromatic carbocycles. The third-order valence-electron chi connectivity index (χ3n) is 2.19. The molecule has 1 aromatic heterocycles. The van der Waals surface area contributed by atoms with Gasteiger partial charge in [0.25, 0.3) is 0 Å². The van der Waals surface area contributed by atoms with Gasteiger partial charge in [-0.15, -0.1) is 0 Å². The van der Waals surface area contributed by atoms with Crippen LogP contribution in [-0.4, -0.2) is 21.9 Å². The Labute approximate surface area is 113 Å². The molecule has 98 valence electrons. The van der Waals surface area contributed by atoms with E-state index >= 15 is 0 Å².